The molecule has 0 unspecified atom stereocenters. The van der Waals surface area contributed by atoms with Gasteiger partial charge in [0.2, 0.25) is 10.0 Å². The van der Waals surface area contributed by atoms with Gasteiger partial charge in [-0.25, -0.2) is 13.4 Å². The van der Waals surface area contributed by atoms with Crippen LogP contribution in [0.1, 0.15) is 45.6 Å². The molecule has 3 N–H and O–H groups in total. The highest BCUT2D eigenvalue weighted by atomic mass is 127. The minimum Gasteiger partial charge on any atom is -0.357 e. The third-order valence-electron chi connectivity index (χ3n) is 3.57. The summed E-state index contributed by atoms with van der Waals surface area (Å²) in [5.41, 5.74) is 1.41. The molecule has 1 aromatic carbocycles. The maximum absolute atomic E-state index is 11.5. The van der Waals surface area contributed by atoms with Gasteiger partial charge < -0.3 is 10.6 Å². The number of rotatable bonds is 10. The Morgan fingerprint density at radius 2 is 1.85 bits per heavy atom. The summed E-state index contributed by atoms with van der Waals surface area (Å²) in [5, 5.41) is 6.55. The first kappa shape index (κ1) is 25.0. The highest BCUT2D eigenvalue weighted by Gasteiger charge is 2.07. The summed E-state index contributed by atoms with van der Waals surface area (Å²) in [4.78, 5) is 4.57. The van der Waals surface area contributed by atoms with Gasteiger partial charge in [0.25, 0.3) is 0 Å². The van der Waals surface area contributed by atoms with Crippen LogP contribution in [-0.4, -0.2) is 33.7 Å². The van der Waals surface area contributed by atoms with Crippen LogP contribution in [0.15, 0.2) is 29.3 Å². The van der Waals surface area contributed by atoms with Gasteiger partial charge in [-0.15, -0.1) is 24.0 Å². The van der Waals surface area contributed by atoms with E-state index in [9.17, 15) is 8.42 Å². The fourth-order valence-electron chi connectivity index (χ4n) is 2.35. The Hall–Kier alpha value is -1.03. The van der Waals surface area contributed by atoms with E-state index in [-0.39, 0.29) is 24.0 Å². The third-order valence-corrected chi connectivity index (χ3v) is 4.16. The summed E-state index contributed by atoms with van der Waals surface area (Å²) in [5.74, 6) is 1.49. The Labute approximate surface area is 175 Å². The maximum atomic E-state index is 11.5. The lowest BCUT2D eigenvalue weighted by molar-refractivity contribution is 0.534. The number of sulfonamides is 1. The molecule has 150 valence electrons. The predicted molar refractivity (Wildman–Crippen MR) is 122 cm³/mol. The number of guanidine groups is 1. The number of benzene rings is 1. The summed E-state index contributed by atoms with van der Waals surface area (Å²) < 4.78 is 25.5. The zero-order chi connectivity index (χ0) is 18.7. The number of nitrogens with zero attached hydrogens (tertiary/aromatic N) is 1. The van der Waals surface area contributed by atoms with Crippen molar-refractivity contribution in [3.63, 3.8) is 0 Å². The average Bonchev–Trinajstić information content (AvgIpc) is 2.51. The van der Waals surface area contributed by atoms with E-state index in [0.717, 1.165) is 43.2 Å². The number of nitrogens with one attached hydrogen (secondary N) is 3. The Morgan fingerprint density at radius 3 is 2.46 bits per heavy atom. The number of anilines is 1. The molecule has 0 atom stereocenters. The van der Waals surface area contributed by atoms with Crippen LogP contribution in [0.2, 0.25) is 0 Å². The molecular weight excluding hydrogens is 463 g/mol. The molecule has 1 rings (SSSR count). The second-order valence-corrected chi connectivity index (χ2v) is 8.29. The first-order valence-corrected chi connectivity index (χ1v) is 10.8. The highest BCUT2D eigenvalue weighted by Crippen LogP contribution is 2.17. The molecule has 0 aromatic heterocycles. The first-order chi connectivity index (χ1) is 11.8. The van der Waals surface area contributed by atoms with Crippen molar-refractivity contribution in [2.24, 2.45) is 10.9 Å². The minimum atomic E-state index is -3.31. The largest absolute Gasteiger partial charge is 0.357 e. The molecule has 0 radical (unpaired) electrons. The molecule has 0 aliphatic carbocycles. The Kier molecular flexibility index (Phi) is 12.7. The van der Waals surface area contributed by atoms with Crippen molar-refractivity contribution in [2.75, 3.05) is 24.1 Å². The first-order valence-electron chi connectivity index (χ1n) is 8.89. The number of para-hydroxylation sites is 1. The molecule has 0 fully saturated rings. The van der Waals surface area contributed by atoms with Crippen LogP contribution in [-0.2, 0) is 16.6 Å². The van der Waals surface area contributed by atoms with Gasteiger partial charge in [0.05, 0.1) is 18.5 Å². The van der Waals surface area contributed by atoms with Crippen molar-refractivity contribution in [3.05, 3.63) is 29.8 Å². The monoisotopic (exact) mass is 496 g/mol. The van der Waals surface area contributed by atoms with E-state index in [1.54, 1.807) is 12.1 Å². The van der Waals surface area contributed by atoms with Crippen LogP contribution in [0.3, 0.4) is 0 Å². The van der Waals surface area contributed by atoms with Crippen molar-refractivity contribution >= 4 is 45.6 Å². The lowest BCUT2D eigenvalue weighted by Crippen LogP contribution is -2.37. The molecular formula is C18H33IN4O2S. The Morgan fingerprint density at radius 1 is 1.15 bits per heavy atom. The second-order valence-electron chi connectivity index (χ2n) is 6.54. The van der Waals surface area contributed by atoms with E-state index in [2.05, 4.69) is 34.2 Å². The van der Waals surface area contributed by atoms with Crippen molar-refractivity contribution < 1.29 is 8.42 Å². The lowest BCUT2D eigenvalue weighted by atomic mass is 10.1. The molecule has 8 heteroatoms. The zero-order valence-electron chi connectivity index (χ0n) is 16.2. The molecule has 0 amide bonds. The quantitative estimate of drug-likeness (QED) is 0.200. The van der Waals surface area contributed by atoms with E-state index in [1.807, 2.05) is 19.1 Å². The Balaban J connectivity index is 0.00000625. The number of aliphatic imine (C=N–C) groups is 1. The SMILES string of the molecule is CCNC(=NCc1ccccc1NS(C)(=O)=O)NCCCCC(C)C.I. The second kappa shape index (κ2) is 13.2. The van der Waals surface area contributed by atoms with Gasteiger partial charge in [-0.05, 0) is 30.9 Å². The molecule has 0 aliphatic rings. The molecule has 0 saturated carbocycles. The van der Waals surface area contributed by atoms with Gasteiger partial charge in [0, 0.05) is 13.1 Å². The summed E-state index contributed by atoms with van der Waals surface area (Å²) in [6.07, 6.45) is 4.69. The highest BCUT2D eigenvalue weighted by molar-refractivity contribution is 14.0. The van der Waals surface area contributed by atoms with Crippen molar-refractivity contribution in [2.45, 2.75) is 46.6 Å². The molecule has 0 bridgehead atoms. The summed E-state index contributed by atoms with van der Waals surface area (Å²) in [6.45, 7) is 8.56. The van der Waals surface area contributed by atoms with Crippen LogP contribution in [0.4, 0.5) is 5.69 Å². The molecule has 0 spiro atoms. The van der Waals surface area contributed by atoms with E-state index in [0.29, 0.717) is 12.2 Å². The van der Waals surface area contributed by atoms with E-state index in [4.69, 9.17) is 0 Å². The van der Waals surface area contributed by atoms with Crippen molar-refractivity contribution in [1.29, 1.82) is 0 Å². The number of halogens is 1. The zero-order valence-corrected chi connectivity index (χ0v) is 19.4. The molecule has 6 nitrogen and oxygen atoms in total. The molecule has 1 aromatic rings. The van der Waals surface area contributed by atoms with E-state index < -0.39 is 10.0 Å². The lowest BCUT2D eigenvalue weighted by Gasteiger charge is -2.13. The van der Waals surface area contributed by atoms with Gasteiger partial charge in [-0.1, -0.05) is 44.9 Å². The number of unbranched alkanes of at least 4 members (excludes halogenated alkanes) is 1. The van der Waals surface area contributed by atoms with Crippen LogP contribution < -0.4 is 15.4 Å². The van der Waals surface area contributed by atoms with Gasteiger partial charge >= 0.3 is 0 Å². The van der Waals surface area contributed by atoms with Crippen LogP contribution in [0.25, 0.3) is 0 Å². The normalized spacial score (nSPS) is 11.8. The molecule has 0 aliphatic heterocycles. The van der Waals surface area contributed by atoms with E-state index >= 15 is 0 Å². The molecule has 0 saturated heterocycles. The maximum Gasteiger partial charge on any atom is 0.229 e. The number of hydrogen-bond donors (Lipinski definition) is 3. The van der Waals surface area contributed by atoms with Gasteiger partial charge in [-0.2, -0.15) is 0 Å². The topological polar surface area (TPSA) is 82.6 Å². The summed E-state index contributed by atoms with van der Waals surface area (Å²) in [7, 11) is -3.31. The van der Waals surface area contributed by atoms with Crippen LogP contribution in [0.5, 0.6) is 0 Å². The average molecular weight is 496 g/mol. The van der Waals surface area contributed by atoms with Crippen molar-refractivity contribution in [3.8, 4) is 0 Å². The number of hydrogen-bond acceptors (Lipinski definition) is 3. The smallest absolute Gasteiger partial charge is 0.229 e. The molecule has 0 heterocycles. The minimum absolute atomic E-state index is 0. The van der Waals surface area contributed by atoms with Crippen molar-refractivity contribution in [1.82, 2.24) is 10.6 Å². The molecule has 26 heavy (non-hydrogen) atoms. The Bertz CT molecular complexity index is 648. The van der Waals surface area contributed by atoms with Gasteiger partial charge in [-0.3, -0.25) is 4.72 Å². The predicted octanol–water partition coefficient (Wildman–Crippen LogP) is 3.56. The summed E-state index contributed by atoms with van der Waals surface area (Å²) in [6, 6.07) is 7.31. The fraction of sp³-hybridized carbons (Fsp3) is 0.611. The van der Waals surface area contributed by atoms with Crippen LogP contribution >= 0.6 is 24.0 Å². The third kappa shape index (κ3) is 11.6. The van der Waals surface area contributed by atoms with Crippen LogP contribution in [0, 0.1) is 5.92 Å². The fourth-order valence-corrected chi connectivity index (χ4v) is 2.95. The van der Waals surface area contributed by atoms with E-state index in [1.165, 1.54) is 12.8 Å². The standard InChI is InChI=1S/C18H32N4O2S.HI/c1-5-19-18(20-13-9-8-10-15(2)3)21-14-16-11-6-7-12-17(16)22-25(4,23)24;/h6-7,11-12,15,22H,5,8-10,13-14H2,1-4H3,(H2,19,20,21);1H. The van der Waals surface area contributed by atoms with Gasteiger partial charge in [0.15, 0.2) is 5.96 Å². The summed E-state index contributed by atoms with van der Waals surface area (Å²) >= 11 is 0. The van der Waals surface area contributed by atoms with Gasteiger partial charge in [0.1, 0.15) is 0 Å².